The molecule has 0 atom stereocenters. The topological polar surface area (TPSA) is 109 Å². The van der Waals surface area contributed by atoms with Gasteiger partial charge in [0, 0.05) is 0 Å². The molecule has 19 heavy (non-hydrogen) atoms. The molecule has 0 fully saturated rings. The van der Waals surface area contributed by atoms with E-state index in [4.69, 9.17) is 13.7 Å². The summed E-state index contributed by atoms with van der Waals surface area (Å²) < 4.78 is 14.8. The second-order valence-corrected chi connectivity index (χ2v) is 3.58. The fourth-order valence-electron chi connectivity index (χ4n) is 1.54. The first kappa shape index (κ1) is 12.8. The fraction of sp³-hybridized carbons (Fsp3) is 0.273. The molecule has 0 amide bonds. The molecule has 0 unspecified atom stereocenters. The molecule has 8 heteroatoms. The van der Waals surface area contributed by atoms with Gasteiger partial charge in [-0.15, -0.1) is 0 Å². The minimum Gasteiger partial charge on any atom is -0.462 e. The van der Waals surface area contributed by atoms with E-state index in [9.17, 15) is 14.9 Å². The van der Waals surface area contributed by atoms with E-state index in [0.29, 0.717) is 0 Å². The van der Waals surface area contributed by atoms with Crippen LogP contribution in [-0.4, -0.2) is 22.7 Å². The van der Waals surface area contributed by atoms with E-state index in [1.807, 2.05) is 0 Å². The fourth-order valence-corrected chi connectivity index (χ4v) is 1.54. The molecule has 8 nitrogen and oxygen atoms in total. The molecule has 0 aliphatic heterocycles. The minimum atomic E-state index is -0.680. The van der Waals surface area contributed by atoms with E-state index in [0.717, 1.165) is 0 Å². The van der Waals surface area contributed by atoms with Crippen molar-refractivity contribution in [2.45, 2.75) is 13.8 Å². The number of furan rings is 1. The van der Waals surface area contributed by atoms with Crippen molar-refractivity contribution >= 4 is 11.9 Å². The predicted molar refractivity (Wildman–Crippen MR) is 61.6 cm³/mol. The van der Waals surface area contributed by atoms with Gasteiger partial charge in [0.15, 0.2) is 11.5 Å². The third-order valence-electron chi connectivity index (χ3n) is 2.35. The number of esters is 1. The van der Waals surface area contributed by atoms with Gasteiger partial charge in [0.05, 0.1) is 12.7 Å². The van der Waals surface area contributed by atoms with Gasteiger partial charge in [0.25, 0.3) is 0 Å². The number of nitro groups is 1. The second-order valence-electron chi connectivity index (χ2n) is 3.58. The Morgan fingerprint density at radius 3 is 2.84 bits per heavy atom. The Balaban J connectivity index is 2.44. The van der Waals surface area contributed by atoms with Gasteiger partial charge in [-0.05, 0) is 19.9 Å². The molecular formula is C11H10N2O6. The lowest BCUT2D eigenvalue weighted by atomic mass is 10.1. The van der Waals surface area contributed by atoms with Gasteiger partial charge < -0.3 is 13.7 Å². The van der Waals surface area contributed by atoms with E-state index in [2.05, 4.69) is 5.16 Å². The smallest absolute Gasteiger partial charge is 0.433 e. The molecule has 0 N–H and O–H groups in total. The first-order valence-electron chi connectivity index (χ1n) is 5.42. The van der Waals surface area contributed by atoms with Crippen molar-refractivity contribution in [2.75, 3.05) is 6.61 Å². The number of nitrogens with zero attached hydrogens (tertiary/aromatic N) is 2. The number of hydrogen-bond donors (Lipinski definition) is 0. The Labute approximate surface area is 107 Å². The predicted octanol–water partition coefficient (Wildman–Crippen LogP) is 2.33. The summed E-state index contributed by atoms with van der Waals surface area (Å²) in [4.78, 5) is 21.6. The zero-order valence-electron chi connectivity index (χ0n) is 10.2. The quantitative estimate of drug-likeness (QED) is 0.474. The molecule has 0 bridgehead atoms. The maximum atomic E-state index is 11.8. The summed E-state index contributed by atoms with van der Waals surface area (Å²) in [7, 11) is 0. The lowest BCUT2D eigenvalue weighted by molar-refractivity contribution is -0.401. The zero-order valence-corrected chi connectivity index (χ0v) is 10.2. The molecule has 2 heterocycles. The number of aryl methyl sites for hydroxylation is 1. The number of ether oxygens (including phenoxy) is 1. The number of carbonyl (C=O) groups is 1. The summed E-state index contributed by atoms with van der Waals surface area (Å²) >= 11 is 0. The highest BCUT2D eigenvalue weighted by molar-refractivity contribution is 5.96. The van der Waals surface area contributed by atoms with E-state index < -0.39 is 16.8 Å². The van der Waals surface area contributed by atoms with Crippen molar-refractivity contribution in [1.82, 2.24) is 5.16 Å². The van der Waals surface area contributed by atoms with Gasteiger partial charge >= 0.3 is 11.9 Å². The third-order valence-corrected chi connectivity index (χ3v) is 2.35. The van der Waals surface area contributed by atoms with E-state index in [1.165, 1.54) is 12.1 Å². The molecule has 100 valence electrons. The van der Waals surface area contributed by atoms with Crippen molar-refractivity contribution in [3.05, 3.63) is 33.6 Å². The van der Waals surface area contributed by atoms with Crippen molar-refractivity contribution in [3.8, 4) is 11.5 Å². The normalized spacial score (nSPS) is 10.4. The zero-order chi connectivity index (χ0) is 14.0. The van der Waals surface area contributed by atoms with Crippen LogP contribution in [0.3, 0.4) is 0 Å². The van der Waals surface area contributed by atoms with E-state index in [-0.39, 0.29) is 29.4 Å². The van der Waals surface area contributed by atoms with Crippen LogP contribution in [0.15, 0.2) is 21.1 Å². The molecule has 0 saturated heterocycles. The minimum absolute atomic E-state index is 0.0756. The van der Waals surface area contributed by atoms with Crippen LogP contribution in [0.2, 0.25) is 0 Å². The van der Waals surface area contributed by atoms with Crippen LogP contribution in [-0.2, 0) is 4.74 Å². The van der Waals surface area contributed by atoms with Crippen LogP contribution in [0.25, 0.3) is 11.5 Å². The molecule has 2 aromatic heterocycles. The first-order chi connectivity index (χ1) is 9.04. The van der Waals surface area contributed by atoms with Crippen molar-refractivity contribution in [1.29, 1.82) is 0 Å². The van der Waals surface area contributed by atoms with Crippen LogP contribution in [0.4, 0.5) is 5.88 Å². The monoisotopic (exact) mass is 266 g/mol. The van der Waals surface area contributed by atoms with Gasteiger partial charge in [0.2, 0.25) is 0 Å². The molecule has 0 saturated carbocycles. The lowest BCUT2D eigenvalue weighted by Crippen LogP contribution is -2.06. The van der Waals surface area contributed by atoms with Gasteiger partial charge in [-0.2, -0.15) is 0 Å². The summed E-state index contributed by atoms with van der Waals surface area (Å²) in [6.45, 7) is 3.40. The highest BCUT2D eigenvalue weighted by Crippen LogP contribution is 2.29. The maximum absolute atomic E-state index is 11.8. The molecule has 2 aromatic rings. The van der Waals surface area contributed by atoms with Gasteiger partial charge in [-0.25, -0.2) is 4.79 Å². The third kappa shape index (κ3) is 2.32. The standard InChI is InChI=1S/C11H10N2O6/c1-3-17-11(14)9-6(2)19-12-10(9)7-4-5-8(18-7)13(15)16/h4-5H,3H2,1-2H3. The van der Waals surface area contributed by atoms with Crippen LogP contribution >= 0.6 is 0 Å². The lowest BCUT2D eigenvalue weighted by Gasteiger charge is -2.00. The van der Waals surface area contributed by atoms with Crippen molar-refractivity contribution in [2.24, 2.45) is 0 Å². The molecule has 2 rings (SSSR count). The largest absolute Gasteiger partial charge is 0.462 e. The molecule has 0 radical (unpaired) electrons. The van der Waals surface area contributed by atoms with Crippen LogP contribution in [0.5, 0.6) is 0 Å². The number of hydrogen-bond acceptors (Lipinski definition) is 7. The summed E-state index contributed by atoms with van der Waals surface area (Å²) in [5.74, 6) is -0.722. The second kappa shape index (κ2) is 4.92. The summed E-state index contributed by atoms with van der Waals surface area (Å²) in [6, 6.07) is 2.52. The van der Waals surface area contributed by atoms with Crippen LogP contribution in [0, 0.1) is 17.0 Å². The average Bonchev–Trinajstić information content (AvgIpc) is 2.95. The van der Waals surface area contributed by atoms with Gasteiger partial charge in [-0.3, -0.25) is 10.1 Å². The Morgan fingerprint density at radius 2 is 2.26 bits per heavy atom. The maximum Gasteiger partial charge on any atom is 0.433 e. The van der Waals surface area contributed by atoms with Crippen molar-refractivity contribution < 1.29 is 23.4 Å². The Morgan fingerprint density at radius 1 is 1.53 bits per heavy atom. The highest BCUT2D eigenvalue weighted by atomic mass is 16.6. The average molecular weight is 266 g/mol. The Bertz CT molecular complexity index is 627. The highest BCUT2D eigenvalue weighted by Gasteiger charge is 2.26. The molecule has 0 aliphatic carbocycles. The molecule has 0 aliphatic rings. The SMILES string of the molecule is CCOC(=O)c1c(-c2ccc([N+](=O)[O-])o2)noc1C. The molecule has 0 spiro atoms. The Hall–Kier alpha value is -2.64. The van der Waals surface area contributed by atoms with Gasteiger partial charge in [0.1, 0.15) is 16.2 Å². The van der Waals surface area contributed by atoms with Gasteiger partial charge in [-0.1, -0.05) is 5.16 Å². The number of carbonyl (C=O) groups excluding carboxylic acids is 1. The van der Waals surface area contributed by atoms with Crippen molar-refractivity contribution in [3.63, 3.8) is 0 Å². The molecular weight excluding hydrogens is 256 g/mol. The molecule has 0 aromatic carbocycles. The summed E-state index contributed by atoms with van der Waals surface area (Å²) in [5.41, 5.74) is 0.190. The first-order valence-corrected chi connectivity index (χ1v) is 5.42. The van der Waals surface area contributed by atoms with Crippen LogP contribution in [0.1, 0.15) is 23.0 Å². The van der Waals surface area contributed by atoms with Crippen LogP contribution < -0.4 is 0 Å². The van der Waals surface area contributed by atoms with E-state index in [1.54, 1.807) is 13.8 Å². The number of aromatic nitrogens is 1. The Kier molecular flexibility index (Phi) is 3.32. The summed E-state index contributed by atoms with van der Waals surface area (Å²) in [5, 5.41) is 14.2. The van der Waals surface area contributed by atoms with E-state index >= 15 is 0 Å². The summed E-state index contributed by atoms with van der Waals surface area (Å²) in [6.07, 6.45) is 0. The number of rotatable bonds is 4.